The van der Waals surface area contributed by atoms with Crippen molar-refractivity contribution in [1.29, 1.82) is 0 Å². The normalized spacial score (nSPS) is 14.8. The Bertz CT molecular complexity index is 784. The number of nitrogens with zero attached hydrogens (tertiary/aromatic N) is 2. The lowest BCUT2D eigenvalue weighted by Gasteiger charge is -2.30. The molecule has 0 radical (unpaired) electrons. The Hall–Kier alpha value is -1.07. The van der Waals surface area contributed by atoms with E-state index in [4.69, 9.17) is 28.2 Å². The fraction of sp³-hybridized carbons (Fsp3) is 0.167. The Labute approximate surface area is 160 Å². The molecule has 0 N–H and O–H groups in total. The van der Waals surface area contributed by atoms with Gasteiger partial charge in [-0.25, -0.2) is 4.99 Å². The van der Waals surface area contributed by atoms with Gasteiger partial charge in [-0.3, -0.25) is 0 Å². The topological polar surface area (TPSA) is 15.6 Å². The van der Waals surface area contributed by atoms with Gasteiger partial charge in [-0.1, -0.05) is 23.2 Å². The smallest absolute Gasteiger partial charge is 0.142 e. The second-order valence-corrected chi connectivity index (χ2v) is 7.71. The molecule has 0 aliphatic carbocycles. The van der Waals surface area contributed by atoms with Crippen molar-refractivity contribution in [3.05, 3.63) is 69.2 Å². The Morgan fingerprint density at radius 1 is 0.917 bits per heavy atom. The molecular formula is C18H16Cl2N2S2. The summed E-state index contributed by atoms with van der Waals surface area (Å²) in [5, 5.41) is 2.33. The van der Waals surface area contributed by atoms with Crippen molar-refractivity contribution < 1.29 is 0 Å². The van der Waals surface area contributed by atoms with Crippen LogP contribution in [-0.2, 0) is 0 Å². The average molecular weight is 395 g/mol. The second kappa shape index (κ2) is 7.87. The number of thioether (sulfide) groups is 2. The molecule has 0 unspecified atom stereocenters. The number of amidine groups is 1. The van der Waals surface area contributed by atoms with Crippen molar-refractivity contribution in [2.75, 3.05) is 24.0 Å². The minimum atomic E-state index is 0.609. The molecule has 0 saturated carbocycles. The predicted molar refractivity (Wildman–Crippen MR) is 110 cm³/mol. The highest BCUT2D eigenvalue weighted by Crippen LogP contribution is 2.32. The molecule has 6 heteroatoms. The van der Waals surface area contributed by atoms with E-state index < -0.39 is 0 Å². The molecule has 1 aliphatic heterocycles. The third-order valence-corrected chi connectivity index (χ3v) is 5.80. The van der Waals surface area contributed by atoms with Crippen LogP contribution in [0.15, 0.2) is 68.5 Å². The maximum absolute atomic E-state index is 6.45. The van der Waals surface area contributed by atoms with Crippen LogP contribution >= 0.6 is 46.7 Å². The van der Waals surface area contributed by atoms with Crippen molar-refractivity contribution in [3.63, 3.8) is 0 Å². The van der Waals surface area contributed by atoms with Crippen LogP contribution in [0.4, 0.5) is 5.69 Å². The lowest BCUT2D eigenvalue weighted by molar-refractivity contribution is 1.07. The Balaban J connectivity index is 2.04. The number of aliphatic imine (C=N–C) groups is 1. The van der Waals surface area contributed by atoms with Crippen molar-refractivity contribution in [2.24, 2.45) is 4.99 Å². The molecule has 0 atom stereocenters. The minimum absolute atomic E-state index is 0.609. The van der Waals surface area contributed by atoms with Gasteiger partial charge >= 0.3 is 0 Å². The first-order chi connectivity index (χ1) is 11.6. The summed E-state index contributed by atoms with van der Waals surface area (Å²) in [6, 6.07) is 16.2. The highest BCUT2D eigenvalue weighted by molar-refractivity contribution is 8.02. The molecule has 1 aliphatic rings. The van der Waals surface area contributed by atoms with Crippen LogP contribution in [0.25, 0.3) is 0 Å². The van der Waals surface area contributed by atoms with Crippen LogP contribution < -0.4 is 4.90 Å². The van der Waals surface area contributed by atoms with Gasteiger partial charge in [0.05, 0.1) is 11.6 Å². The summed E-state index contributed by atoms with van der Waals surface area (Å²) in [6.45, 7) is 0.609. The number of rotatable bonds is 4. The first-order valence-corrected chi connectivity index (χ1v) is 10.5. The largest absolute Gasteiger partial charge is 0.320 e. The van der Waals surface area contributed by atoms with E-state index >= 15 is 0 Å². The zero-order valence-corrected chi connectivity index (χ0v) is 16.4. The minimum Gasteiger partial charge on any atom is -0.320 e. The van der Waals surface area contributed by atoms with Crippen molar-refractivity contribution >= 4 is 58.2 Å². The molecule has 0 bridgehead atoms. The molecule has 0 saturated heterocycles. The molecule has 2 nitrogen and oxygen atoms in total. The van der Waals surface area contributed by atoms with Gasteiger partial charge in [-0.05, 0) is 61.0 Å². The summed E-state index contributed by atoms with van der Waals surface area (Å²) in [6.07, 6.45) is 4.06. The summed E-state index contributed by atoms with van der Waals surface area (Å²) in [5.74, 6) is 0.886. The van der Waals surface area contributed by atoms with E-state index in [1.807, 2.05) is 30.5 Å². The van der Waals surface area contributed by atoms with Crippen LogP contribution in [0.5, 0.6) is 0 Å². The third kappa shape index (κ3) is 3.77. The third-order valence-electron chi connectivity index (χ3n) is 3.67. The van der Waals surface area contributed by atoms with Crippen LogP contribution in [0.1, 0.15) is 5.56 Å². The van der Waals surface area contributed by atoms with Crippen LogP contribution in [0.2, 0.25) is 5.02 Å². The molecule has 2 aromatic carbocycles. The molecular weight excluding hydrogens is 379 g/mol. The highest BCUT2D eigenvalue weighted by Gasteiger charge is 2.23. The van der Waals surface area contributed by atoms with E-state index in [-0.39, 0.29) is 0 Å². The van der Waals surface area contributed by atoms with Gasteiger partial charge in [0, 0.05) is 21.2 Å². The summed E-state index contributed by atoms with van der Waals surface area (Å²) in [7, 11) is 0. The van der Waals surface area contributed by atoms with Gasteiger partial charge in [0.1, 0.15) is 10.9 Å². The Morgan fingerprint density at radius 2 is 1.58 bits per heavy atom. The van der Waals surface area contributed by atoms with Crippen molar-refractivity contribution in [1.82, 2.24) is 0 Å². The van der Waals surface area contributed by atoms with Gasteiger partial charge in [0.15, 0.2) is 0 Å². The van der Waals surface area contributed by atoms with E-state index in [0.29, 0.717) is 11.6 Å². The van der Waals surface area contributed by atoms with Crippen LogP contribution in [-0.4, -0.2) is 24.9 Å². The van der Waals surface area contributed by atoms with E-state index in [0.717, 1.165) is 27.1 Å². The number of anilines is 1. The van der Waals surface area contributed by atoms with Crippen molar-refractivity contribution in [2.45, 2.75) is 4.90 Å². The SMILES string of the molecule is CSC1=C(Cl)CN(c2ccc(SC)cc2)C(c2ccc(Cl)cc2)=N1. The van der Waals surface area contributed by atoms with Crippen LogP contribution in [0, 0.1) is 0 Å². The first kappa shape index (κ1) is 17.7. The van der Waals surface area contributed by atoms with E-state index in [9.17, 15) is 0 Å². The second-order valence-electron chi connectivity index (χ2n) is 5.14. The zero-order chi connectivity index (χ0) is 17.1. The summed E-state index contributed by atoms with van der Waals surface area (Å²) >= 11 is 15.8. The summed E-state index contributed by atoms with van der Waals surface area (Å²) < 4.78 is 0. The summed E-state index contributed by atoms with van der Waals surface area (Å²) in [4.78, 5) is 8.15. The lowest BCUT2D eigenvalue weighted by Crippen LogP contribution is -2.35. The molecule has 0 aromatic heterocycles. The molecule has 2 aromatic rings. The molecule has 0 amide bonds. The molecule has 0 spiro atoms. The first-order valence-electron chi connectivity index (χ1n) is 7.31. The fourth-order valence-electron chi connectivity index (χ4n) is 2.45. The maximum atomic E-state index is 6.45. The van der Waals surface area contributed by atoms with Gasteiger partial charge in [-0.2, -0.15) is 0 Å². The number of benzene rings is 2. The summed E-state index contributed by atoms with van der Waals surface area (Å²) in [5.41, 5.74) is 2.09. The number of hydrogen-bond donors (Lipinski definition) is 0. The van der Waals surface area contributed by atoms with Gasteiger partial charge in [-0.15, -0.1) is 23.5 Å². The van der Waals surface area contributed by atoms with Gasteiger partial charge < -0.3 is 4.90 Å². The van der Waals surface area contributed by atoms with Gasteiger partial charge in [0.2, 0.25) is 0 Å². The monoisotopic (exact) mass is 394 g/mol. The van der Waals surface area contributed by atoms with Crippen LogP contribution in [0.3, 0.4) is 0 Å². The maximum Gasteiger partial charge on any atom is 0.142 e. The molecule has 24 heavy (non-hydrogen) atoms. The Morgan fingerprint density at radius 3 is 2.17 bits per heavy atom. The molecule has 3 rings (SSSR count). The number of hydrogen-bond acceptors (Lipinski definition) is 4. The lowest BCUT2D eigenvalue weighted by atomic mass is 10.1. The standard InChI is InChI=1S/C18H16Cl2N2S2/c1-23-15-9-7-14(8-10-15)22-11-16(20)18(24-2)21-17(22)12-3-5-13(19)6-4-12/h3-10H,11H2,1-2H3. The predicted octanol–water partition coefficient (Wildman–Crippen LogP) is 6.10. The highest BCUT2D eigenvalue weighted by atomic mass is 35.5. The molecule has 0 fully saturated rings. The number of halogens is 2. The quantitative estimate of drug-likeness (QED) is 0.582. The van der Waals surface area contributed by atoms with E-state index in [1.54, 1.807) is 23.5 Å². The van der Waals surface area contributed by atoms with E-state index in [2.05, 4.69) is 35.4 Å². The van der Waals surface area contributed by atoms with E-state index in [1.165, 1.54) is 4.90 Å². The van der Waals surface area contributed by atoms with Crippen molar-refractivity contribution in [3.8, 4) is 0 Å². The molecule has 124 valence electrons. The fourth-order valence-corrected chi connectivity index (χ4v) is 3.84. The zero-order valence-electron chi connectivity index (χ0n) is 13.3. The van der Waals surface area contributed by atoms with Gasteiger partial charge in [0.25, 0.3) is 0 Å². The molecule has 1 heterocycles. The Kier molecular flexibility index (Phi) is 5.82. The average Bonchev–Trinajstić information content (AvgIpc) is 2.62.